The van der Waals surface area contributed by atoms with Crippen LogP contribution in [0.5, 0.6) is 5.75 Å². The normalized spacial score (nSPS) is 13.7. The van der Waals surface area contributed by atoms with Gasteiger partial charge in [0.2, 0.25) is 0 Å². The van der Waals surface area contributed by atoms with E-state index in [1.54, 1.807) is 37.6 Å². The number of nitrogens with zero attached hydrogens (tertiary/aromatic N) is 1. The highest BCUT2D eigenvalue weighted by Gasteiger charge is 2.35. The predicted molar refractivity (Wildman–Crippen MR) is 88.1 cm³/mol. The Balaban J connectivity index is 1.73. The minimum atomic E-state index is -0.274. The van der Waals surface area contributed by atoms with E-state index in [1.807, 2.05) is 19.1 Å². The van der Waals surface area contributed by atoms with E-state index in [9.17, 15) is 9.59 Å². The SMILES string of the molecule is COc1cc2c(CN3C(=O)c4ccccc4C3=O)coc2cc1C. The van der Waals surface area contributed by atoms with E-state index < -0.39 is 0 Å². The van der Waals surface area contributed by atoms with Crippen LogP contribution in [0.3, 0.4) is 0 Å². The van der Waals surface area contributed by atoms with Gasteiger partial charge in [-0.15, -0.1) is 0 Å². The molecule has 2 amide bonds. The fourth-order valence-electron chi connectivity index (χ4n) is 3.10. The van der Waals surface area contributed by atoms with Crippen molar-refractivity contribution in [1.82, 2.24) is 4.90 Å². The number of hydrogen-bond acceptors (Lipinski definition) is 4. The molecule has 0 bridgehead atoms. The largest absolute Gasteiger partial charge is 0.496 e. The van der Waals surface area contributed by atoms with Crippen LogP contribution in [-0.4, -0.2) is 23.8 Å². The molecule has 3 aromatic rings. The van der Waals surface area contributed by atoms with Crippen LogP contribution in [0.2, 0.25) is 0 Å². The first-order valence-corrected chi connectivity index (χ1v) is 7.60. The molecule has 5 nitrogen and oxygen atoms in total. The number of imide groups is 1. The standard InChI is InChI=1S/C19H15NO4/c1-11-7-17-15(8-16(11)23-2)12(10-24-17)9-20-18(21)13-5-3-4-6-14(13)19(20)22/h3-8,10H,9H2,1-2H3. The first-order chi connectivity index (χ1) is 11.6. The third kappa shape index (κ3) is 2.01. The zero-order chi connectivity index (χ0) is 16.8. The molecular formula is C19H15NO4. The number of hydrogen-bond donors (Lipinski definition) is 0. The van der Waals surface area contributed by atoms with Crippen molar-refractivity contribution >= 4 is 22.8 Å². The van der Waals surface area contributed by atoms with E-state index in [1.165, 1.54) is 4.90 Å². The average molecular weight is 321 g/mol. The molecular weight excluding hydrogens is 306 g/mol. The van der Waals surface area contributed by atoms with Crippen molar-refractivity contribution in [3.05, 3.63) is 64.9 Å². The molecule has 1 aromatic heterocycles. The smallest absolute Gasteiger partial charge is 0.261 e. The molecule has 0 saturated heterocycles. The second-order valence-electron chi connectivity index (χ2n) is 5.82. The molecule has 0 fully saturated rings. The van der Waals surface area contributed by atoms with Crippen molar-refractivity contribution < 1.29 is 18.7 Å². The predicted octanol–water partition coefficient (Wildman–Crippen LogP) is 3.55. The Hall–Kier alpha value is -3.08. The van der Waals surface area contributed by atoms with Gasteiger partial charge in [-0.1, -0.05) is 12.1 Å². The van der Waals surface area contributed by atoms with Gasteiger partial charge in [-0.2, -0.15) is 0 Å². The molecule has 5 heteroatoms. The fourth-order valence-corrected chi connectivity index (χ4v) is 3.10. The molecule has 2 aromatic carbocycles. The summed E-state index contributed by atoms with van der Waals surface area (Å²) in [6.07, 6.45) is 1.59. The summed E-state index contributed by atoms with van der Waals surface area (Å²) in [5.41, 5.74) is 3.34. The molecule has 120 valence electrons. The highest BCUT2D eigenvalue weighted by atomic mass is 16.5. The zero-order valence-corrected chi connectivity index (χ0v) is 13.3. The van der Waals surface area contributed by atoms with Crippen molar-refractivity contribution in [3.8, 4) is 5.75 Å². The van der Waals surface area contributed by atoms with E-state index in [4.69, 9.17) is 9.15 Å². The number of aryl methyl sites for hydroxylation is 1. The summed E-state index contributed by atoms with van der Waals surface area (Å²) >= 11 is 0. The summed E-state index contributed by atoms with van der Waals surface area (Å²) in [6, 6.07) is 10.6. The summed E-state index contributed by atoms with van der Waals surface area (Å²) in [6.45, 7) is 2.11. The number of methoxy groups -OCH3 is 1. The number of furan rings is 1. The Morgan fingerprint density at radius 1 is 1.08 bits per heavy atom. The lowest BCUT2D eigenvalue weighted by molar-refractivity contribution is 0.0642. The summed E-state index contributed by atoms with van der Waals surface area (Å²) in [4.78, 5) is 26.2. The van der Waals surface area contributed by atoms with Crippen LogP contribution in [0.15, 0.2) is 47.1 Å². The van der Waals surface area contributed by atoms with Gasteiger partial charge in [-0.3, -0.25) is 14.5 Å². The van der Waals surface area contributed by atoms with Gasteiger partial charge in [0.1, 0.15) is 11.3 Å². The van der Waals surface area contributed by atoms with Gasteiger partial charge in [0, 0.05) is 10.9 Å². The van der Waals surface area contributed by atoms with Crippen LogP contribution in [0.25, 0.3) is 11.0 Å². The van der Waals surface area contributed by atoms with Crippen LogP contribution in [0, 0.1) is 6.92 Å². The molecule has 4 rings (SSSR count). The van der Waals surface area contributed by atoms with E-state index in [-0.39, 0.29) is 18.4 Å². The molecule has 0 unspecified atom stereocenters. The van der Waals surface area contributed by atoms with Crippen molar-refractivity contribution in [3.63, 3.8) is 0 Å². The molecule has 1 aliphatic rings. The second kappa shape index (κ2) is 5.23. The van der Waals surface area contributed by atoms with Crippen molar-refractivity contribution in [2.45, 2.75) is 13.5 Å². The van der Waals surface area contributed by atoms with Crippen molar-refractivity contribution in [2.24, 2.45) is 0 Å². The maximum Gasteiger partial charge on any atom is 0.261 e. The minimum Gasteiger partial charge on any atom is -0.496 e. The third-order valence-electron chi connectivity index (χ3n) is 4.38. The van der Waals surface area contributed by atoms with Gasteiger partial charge in [-0.05, 0) is 36.8 Å². The fraction of sp³-hybridized carbons (Fsp3) is 0.158. The first kappa shape index (κ1) is 14.5. The van der Waals surface area contributed by atoms with Crippen LogP contribution in [0.1, 0.15) is 31.8 Å². The molecule has 0 radical (unpaired) electrons. The Labute approximate surface area is 138 Å². The second-order valence-corrected chi connectivity index (χ2v) is 5.82. The topological polar surface area (TPSA) is 59.8 Å². The summed E-state index contributed by atoms with van der Waals surface area (Å²) in [5, 5.41) is 0.842. The maximum absolute atomic E-state index is 12.5. The molecule has 2 heterocycles. The Morgan fingerprint density at radius 3 is 2.38 bits per heavy atom. The molecule has 0 atom stereocenters. The highest BCUT2D eigenvalue weighted by Crippen LogP contribution is 2.31. The summed E-state index contributed by atoms with van der Waals surface area (Å²) in [5.74, 6) is 0.195. The lowest BCUT2D eigenvalue weighted by Crippen LogP contribution is -2.28. The molecule has 0 aliphatic carbocycles. The van der Waals surface area contributed by atoms with E-state index in [0.717, 1.165) is 22.3 Å². The quantitative estimate of drug-likeness (QED) is 0.692. The third-order valence-corrected chi connectivity index (χ3v) is 4.38. The minimum absolute atomic E-state index is 0.172. The monoisotopic (exact) mass is 321 g/mol. The molecule has 0 spiro atoms. The Morgan fingerprint density at radius 2 is 1.75 bits per heavy atom. The Kier molecular flexibility index (Phi) is 3.16. The molecule has 24 heavy (non-hydrogen) atoms. The zero-order valence-electron chi connectivity index (χ0n) is 13.3. The van der Waals surface area contributed by atoms with Crippen LogP contribution in [0.4, 0.5) is 0 Å². The van der Waals surface area contributed by atoms with E-state index in [2.05, 4.69) is 0 Å². The molecule has 0 N–H and O–H groups in total. The maximum atomic E-state index is 12.5. The number of amides is 2. The first-order valence-electron chi connectivity index (χ1n) is 7.60. The van der Waals surface area contributed by atoms with E-state index in [0.29, 0.717) is 16.7 Å². The number of fused-ring (bicyclic) bond motifs is 2. The summed E-state index contributed by atoms with van der Waals surface area (Å²) in [7, 11) is 1.61. The van der Waals surface area contributed by atoms with Gasteiger partial charge in [0.25, 0.3) is 11.8 Å². The number of rotatable bonds is 3. The number of carbonyl (C=O) groups is 2. The van der Waals surface area contributed by atoms with Crippen LogP contribution >= 0.6 is 0 Å². The molecule has 1 aliphatic heterocycles. The van der Waals surface area contributed by atoms with Crippen LogP contribution in [-0.2, 0) is 6.54 Å². The van der Waals surface area contributed by atoms with Crippen molar-refractivity contribution in [1.29, 1.82) is 0 Å². The number of carbonyl (C=O) groups excluding carboxylic acids is 2. The lowest BCUT2D eigenvalue weighted by Gasteiger charge is -2.13. The highest BCUT2D eigenvalue weighted by molar-refractivity contribution is 6.21. The van der Waals surface area contributed by atoms with Gasteiger partial charge >= 0.3 is 0 Å². The van der Waals surface area contributed by atoms with Gasteiger partial charge < -0.3 is 9.15 Å². The van der Waals surface area contributed by atoms with Gasteiger partial charge in [0.05, 0.1) is 31.0 Å². The van der Waals surface area contributed by atoms with Crippen molar-refractivity contribution in [2.75, 3.05) is 7.11 Å². The Bertz CT molecular complexity index is 951. The molecule has 0 saturated carbocycles. The van der Waals surface area contributed by atoms with Crippen LogP contribution < -0.4 is 4.74 Å². The average Bonchev–Trinajstić information content (AvgIpc) is 3.09. The summed E-state index contributed by atoms with van der Waals surface area (Å²) < 4.78 is 10.9. The lowest BCUT2D eigenvalue weighted by atomic mass is 10.1. The van der Waals surface area contributed by atoms with E-state index >= 15 is 0 Å². The van der Waals surface area contributed by atoms with Gasteiger partial charge in [0.15, 0.2) is 0 Å². The van der Waals surface area contributed by atoms with Gasteiger partial charge in [-0.25, -0.2) is 0 Å². The number of ether oxygens (including phenoxy) is 1. The number of benzene rings is 2.